The zero-order valence-corrected chi connectivity index (χ0v) is 15.2. The Hall–Kier alpha value is -2.82. The van der Waals surface area contributed by atoms with Crippen LogP contribution in [0.15, 0.2) is 54.6 Å². The van der Waals surface area contributed by atoms with Crippen molar-refractivity contribution in [1.29, 1.82) is 0 Å². The van der Waals surface area contributed by atoms with Gasteiger partial charge in [-0.2, -0.15) is 0 Å². The number of para-hydroxylation sites is 2. The predicted octanol–water partition coefficient (Wildman–Crippen LogP) is 4.01. The average Bonchev–Trinajstić information content (AvgIpc) is 2.67. The van der Waals surface area contributed by atoms with E-state index in [1.54, 1.807) is 24.3 Å². The highest BCUT2D eigenvalue weighted by molar-refractivity contribution is 6.06. The van der Waals surface area contributed by atoms with Gasteiger partial charge in [-0.3, -0.25) is 9.59 Å². The molecular weight excluding hydrogens is 328 g/mol. The summed E-state index contributed by atoms with van der Waals surface area (Å²) >= 11 is 0. The number of amides is 2. The molecule has 0 fully saturated rings. The first kappa shape index (κ1) is 19.5. The fourth-order valence-electron chi connectivity index (χ4n) is 2.47. The summed E-state index contributed by atoms with van der Waals surface area (Å²) in [5.74, 6) is -0.0615. The number of hydrogen-bond acceptors (Lipinski definition) is 3. The minimum Gasteiger partial charge on any atom is -0.483 e. The molecule has 138 valence electrons. The molecule has 0 heterocycles. The van der Waals surface area contributed by atoms with Crippen molar-refractivity contribution < 1.29 is 14.3 Å². The number of rotatable bonds is 10. The fourth-order valence-corrected chi connectivity index (χ4v) is 2.47. The van der Waals surface area contributed by atoms with Gasteiger partial charge in [0.25, 0.3) is 11.8 Å². The molecule has 0 aromatic heterocycles. The van der Waals surface area contributed by atoms with Crippen molar-refractivity contribution in [2.24, 2.45) is 0 Å². The van der Waals surface area contributed by atoms with Crippen LogP contribution >= 0.6 is 0 Å². The highest BCUT2D eigenvalue weighted by Gasteiger charge is 2.13. The third-order valence-corrected chi connectivity index (χ3v) is 3.87. The molecule has 5 nitrogen and oxygen atoms in total. The lowest BCUT2D eigenvalue weighted by molar-refractivity contribution is -0.123. The Kier molecular flexibility index (Phi) is 8.19. The lowest BCUT2D eigenvalue weighted by Crippen LogP contribution is -2.30. The maximum atomic E-state index is 12.5. The summed E-state index contributed by atoms with van der Waals surface area (Å²) < 4.78 is 5.56. The van der Waals surface area contributed by atoms with Gasteiger partial charge in [0.15, 0.2) is 6.61 Å². The van der Waals surface area contributed by atoms with Gasteiger partial charge in [0, 0.05) is 12.2 Å². The number of carbonyl (C=O) groups excluding carboxylic acids is 2. The number of carbonyl (C=O) groups is 2. The van der Waals surface area contributed by atoms with E-state index in [1.165, 1.54) is 12.8 Å². The predicted molar refractivity (Wildman–Crippen MR) is 103 cm³/mol. The molecule has 0 aliphatic heterocycles. The Morgan fingerprint density at radius 1 is 0.923 bits per heavy atom. The molecule has 0 aliphatic rings. The molecule has 2 aromatic rings. The van der Waals surface area contributed by atoms with Gasteiger partial charge in [-0.25, -0.2) is 0 Å². The molecule has 5 heteroatoms. The summed E-state index contributed by atoms with van der Waals surface area (Å²) in [5.41, 5.74) is 1.10. The van der Waals surface area contributed by atoms with Crippen LogP contribution in [0.25, 0.3) is 0 Å². The van der Waals surface area contributed by atoms with Gasteiger partial charge in [0.1, 0.15) is 5.75 Å². The van der Waals surface area contributed by atoms with E-state index in [1.807, 2.05) is 30.3 Å². The van der Waals surface area contributed by atoms with Crippen LogP contribution in [0.5, 0.6) is 5.75 Å². The summed E-state index contributed by atoms with van der Waals surface area (Å²) in [6.45, 7) is 2.69. The minimum atomic E-state index is -0.272. The van der Waals surface area contributed by atoms with Crippen molar-refractivity contribution >= 4 is 17.5 Å². The monoisotopic (exact) mass is 354 g/mol. The number of nitrogens with one attached hydrogen (secondary N) is 2. The van der Waals surface area contributed by atoms with Crippen LogP contribution in [-0.2, 0) is 4.79 Å². The van der Waals surface area contributed by atoms with Gasteiger partial charge < -0.3 is 15.4 Å². The zero-order chi connectivity index (χ0) is 18.6. The molecule has 2 N–H and O–H groups in total. The largest absolute Gasteiger partial charge is 0.483 e. The van der Waals surface area contributed by atoms with Crippen molar-refractivity contribution in [3.8, 4) is 5.75 Å². The van der Waals surface area contributed by atoms with Crippen LogP contribution in [0.1, 0.15) is 43.0 Å². The summed E-state index contributed by atoms with van der Waals surface area (Å²) in [7, 11) is 0. The van der Waals surface area contributed by atoms with E-state index < -0.39 is 0 Å². The Morgan fingerprint density at radius 2 is 1.65 bits per heavy atom. The maximum Gasteiger partial charge on any atom is 0.259 e. The molecular formula is C21H26N2O3. The third kappa shape index (κ3) is 6.59. The van der Waals surface area contributed by atoms with E-state index in [4.69, 9.17) is 4.74 Å². The molecule has 0 bridgehead atoms. The standard InChI is InChI=1S/C21H26N2O3/c1-2-3-4-10-15-22-20(24)16-26-19-14-9-8-13-18(19)21(25)23-17-11-6-5-7-12-17/h5-9,11-14H,2-4,10,15-16H2,1H3,(H,22,24)(H,23,25). The van der Waals surface area contributed by atoms with E-state index >= 15 is 0 Å². The molecule has 26 heavy (non-hydrogen) atoms. The van der Waals surface area contributed by atoms with E-state index in [2.05, 4.69) is 17.6 Å². The Morgan fingerprint density at radius 3 is 2.42 bits per heavy atom. The van der Waals surface area contributed by atoms with Crippen LogP contribution in [-0.4, -0.2) is 25.0 Å². The molecule has 0 unspecified atom stereocenters. The number of unbranched alkanes of at least 4 members (excludes halogenated alkanes) is 3. The molecule has 2 rings (SSSR count). The first-order chi connectivity index (χ1) is 12.7. The quantitative estimate of drug-likeness (QED) is 0.633. The van der Waals surface area contributed by atoms with Crippen LogP contribution in [0.3, 0.4) is 0 Å². The number of hydrogen-bond donors (Lipinski definition) is 2. The first-order valence-corrected chi connectivity index (χ1v) is 9.05. The highest BCUT2D eigenvalue weighted by atomic mass is 16.5. The van der Waals surface area contributed by atoms with Gasteiger partial charge in [0.05, 0.1) is 5.56 Å². The van der Waals surface area contributed by atoms with Gasteiger partial charge in [-0.1, -0.05) is 56.5 Å². The van der Waals surface area contributed by atoms with Crippen LogP contribution in [0.2, 0.25) is 0 Å². The second kappa shape index (κ2) is 10.9. The van der Waals surface area contributed by atoms with Gasteiger partial charge in [0.2, 0.25) is 0 Å². The lowest BCUT2D eigenvalue weighted by atomic mass is 10.2. The Balaban J connectivity index is 1.86. The third-order valence-electron chi connectivity index (χ3n) is 3.87. The first-order valence-electron chi connectivity index (χ1n) is 9.05. The van der Waals surface area contributed by atoms with Gasteiger partial charge >= 0.3 is 0 Å². The van der Waals surface area contributed by atoms with Crippen molar-refractivity contribution in [2.75, 3.05) is 18.5 Å². The van der Waals surface area contributed by atoms with Crippen molar-refractivity contribution in [2.45, 2.75) is 32.6 Å². The van der Waals surface area contributed by atoms with E-state index in [9.17, 15) is 9.59 Å². The SMILES string of the molecule is CCCCCCNC(=O)COc1ccccc1C(=O)Nc1ccccc1. The molecule has 0 radical (unpaired) electrons. The number of benzene rings is 2. The smallest absolute Gasteiger partial charge is 0.259 e. The molecule has 0 aliphatic carbocycles. The summed E-state index contributed by atoms with van der Waals surface area (Å²) in [6.07, 6.45) is 4.42. The Bertz CT molecular complexity index is 701. The normalized spacial score (nSPS) is 10.2. The molecule has 2 aromatic carbocycles. The Labute approximate surface area is 154 Å². The number of ether oxygens (including phenoxy) is 1. The van der Waals surface area contributed by atoms with Gasteiger partial charge in [-0.05, 0) is 30.7 Å². The van der Waals surface area contributed by atoms with Crippen LogP contribution in [0, 0.1) is 0 Å². The molecule has 0 spiro atoms. The van der Waals surface area contributed by atoms with Crippen LogP contribution in [0.4, 0.5) is 5.69 Å². The second-order valence-electron chi connectivity index (χ2n) is 6.02. The zero-order valence-electron chi connectivity index (χ0n) is 15.2. The minimum absolute atomic E-state index is 0.108. The topological polar surface area (TPSA) is 67.4 Å². The highest BCUT2D eigenvalue weighted by Crippen LogP contribution is 2.19. The molecule has 0 atom stereocenters. The van der Waals surface area contributed by atoms with Gasteiger partial charge in [-0.15, -0.1) is 0 Å². The fraction of sp³-hybridized carbons (Fsp3) is 0.333. The summed E-state index contributed by atoms with van der Waals surface area (Å²) in [6, 6.07) is 16.1. The van der Waals surface area contributed by atoms with E-state index in [0.29, 0.717) is 23.5 Å². The van der Waals surface area contributed by atoms with Crippen LogP contribution < -0.4 is 15.4 Å². The van der Waals surface area contributed by atoms with Crippen molar-refractivity contribution in [1.82, 2.24) is 5.32 Å². The summed E-state index contributed by atoms with van der Waals surface area (Å²) in [5, 5.41) is 5.66. The van der Waals surface area contributed by atoms with E-state index in [0.717, 1.165) is 12.8 Å². The average molecular weight is 354 g/mol. The maximum absolute atomic E-state index is 12.5. The number of anilines is 1. The molecule has 2 amide bonds. The summed E-state index contributed by atoms with van der Waals surface area (Å²) in [4.78, 5) is 24.3. The van der Waals surface area contributed by atoms with Crippen molar-refractivity contribution in [3.63, 3.8) is 0 Å². The molecule has 0 saturated heterocycles. The van der Waals surface area contributed by atoms with Crippen molar-refractivity contribution in [3.05, 3.63) is 60.2 Å². The molecule has 0 saturated carbocycles. The lowest BCUT2D eigenvalue weighted by Gasteiger charge is -2.12. The second-order valence-corrected chi connectivity index (χ2v) is 6.02. The van der Waals surface area contributed by atoms with E-state index in [-0.39, 0.29) is 18.4 Å².